The normalized spacial score (nSPS) is 13.7. The average Bonchev–Trinajstić information content (AvgIpc) is 3.99. The Morgan fingerprint density at radius 2 is 1.17 bits per heavy atom. The standard InChI is InChI=1S/C53H30N2O3S/c1-53(2)36-16-7-5-12-30(36)31-19-18-28(24-37(31)53)38-26-39(34-15-9-14-33-32-13-6-8-17-40(32)57-49(33)34)55-52(54-38)35-20-23-44-48-46-42(58-50(35)48)22-21-41-45(46)47-43(56-41)25-27-10-3-4-11-29(27)51(47)59-44/h3-26H,1-2H3. The Bertz CT molecular complexity index is 3950. The number of hydrogen-bond acceptors (Lipinski definition) is 6. The first-order chi connectivity index (χ1) is 29.0. The van der Waals surface area contributed by atoms with E-state index in [0.29, 0.717) is 5.82 Å². The lowest BCUT2D eigenvalue weighted by Gasteiger charge is -2.22. The van der Waals surface area contributed by atoms with Crippen LogP contribution in [0.25, 0.3) is 131 Å². The first kappa shape index (κ1) is 31.8. The summed E-state index contributed by atoms with van der Waals surface area (Å²) in [7, 11) is 0. The number of fused-ring (bicyclic) bond motifs is 8. The van der Waals surface area contributed by atoms with Crippen LogP contribution in [0.15, 0.2) is 159 Å². The summed E-state index contributed by atoms with van der Waals surface area (Å²) in [6.45, 7) is 4.63. The van der Waals surface area contributed by atoms with E-state index >= 15 is 0 Å². The van der Waals surface area contributed by atoms with Gasteiger partial charge in [-0.2, -0.15) is 0 Å². The summed E-state index contributed by atoms with van der Waals surface area (Å²) in [6, 6.07) is 51.4. The van der Waals surface area contributed by atoms with Gasteiger partial charge in [0.25, 0.3) is 0 Å². The van der Waals surface area contributed by atoms with Gasteiger partial charge in [-0.15, -0.1) is 11.3 Å². The summed E-state index contributed by atoms with van der Waals surface area (Å²) in [6.07, 6.45) is 0. The number of para-hydroxylation sites is 2. The van der Waals surface area contributed by atoms with E-state index in [9.17, 15) is 0 Å². The number of benzene rings is 8. The highest BCUT2D eigenvalue weighted by molar-refractivity contribution is 7.25. The van der Waals surface area contributed by atoms with E-state index in [2.05, 4.69) is 135 Å². The van der Waals surface area contributed by atoms with Crippen molar-refractivity contribution in [3.05, 3.63) is 157 Å². The predicted molar refractivity (Wildman–Crippen MR) is 242 cm³/mol. The fourth-order valence-corrected chi connectivity index (χ4v) is 11.4. The van der Waals surface area contributed by atoms with E-state index in [1.807, 2.05) is 24.3 Å². The van der Waals surface area contributed by atoms with E-state index in [0.717, 1.165) is 104 Å². The fourth-order valence-electron chi connectivity index (χ4n) is 10.1. The molecule has 0 radical (unpaired) electrons. The minimum Gasteiger partial charge on any atom is -0.456 e. The molecule has 5 heterocycles. The van der Waals surface area contributed by atoms with Gasteiger partial charge in [-0.3, -0.25) is 0 Å². The summed E-state index contributed by atoms with van der Waals surface area (Å²) in [5.74, 6) is 0.588. The number of aromatic nitrogens is 2. The molecular formula is C53H30N2O3S. The maximum atomic E-state index is 6.93. The topological polar surface area (TPSA) is 65.2 Å². The molecule has 5 aromatic heterocycles. The second kappa shape index (κ2) is 11.0. The van der Waals surface area contributed by atoms with Crippen LogP contribution in [0.1, 0.15) is 25.0 Å². The quantitative estimate of drug-likeness (QED) is 0.179. The molecule has 1 aliphatic carbocycles. The molecule has 0 amide bonds. The first-order valence-electron chi connectivity index (χ1n) is 20.0. The van der Waals surface area contributed by atoms with Crippen LogP contribution >= 0.6 is 11.3 Å². The van der Waals surface area contributed by atoms with Crippen molar-refractivity contribution < 1.29 is 13.3 Å². The number of nitrogens with zero attached hydrogens (tertiary/aromatic N) is 2. The molecule has 0 bridgehead atoms. The number of hydrogen-bond donors (Lipinski definition) is 0. The molecule has 0 saturated heterocycles. The molecule has 0 aliphatic heterocycles. The lowest BCUT2D eigenvalue weighted by Crippen LogP contribution is -2.14. The maximum absolute atomic E-state index is 6.93. The minimum atomic E-state index is -0.159. The fraction of sp³-hybridized carbons (Fsp3) is 0.0566. The van der Waals surface area contributed by atoms with Gasteiger partial charge in [0.05, 0.1) is 17.0 Å². The summed E-state index contributed by atoms with van der Waals surface area (Å²) in [5, 5.41) is 8.86. The van der Waals surface area contributed by atoms with Gasteiger partial charge >= 0.3 is 0 Å². The monoisotopic (exact) mass is 774 g/mol. The van der Waals surface area contributed by atoms with E-state index in [1.54, 1.807) is 11.3 Å². The Labute approximate surface area is 340 Å². The Morgan fingerprint density at radius 1 is 0.458 bits per heavy atom. The molecule has 0 spiro atoms. The summed E-state index contributed by atoms with van der Waals surface area (Å²) in [5.41, 5.74) is 14.4. The molecule has 8 aromatic carbocycles. The second-order valence-electron chi connectivity index (χ2n) is 16.4. The van der Waals surface area contributed by atoms with Crippen LogP contribution < -0.4 is 0 Å². The van der Waals surface area contributed by atoms with Crippen LogP contribution in [0.3, 0.4) is 0 Å². The molecule has 0 fully saturated rings. The molecule has 5 nitrogen and oxygen atoms in total. The lowest BCUT2D eigenvalue weighted by atomic mass is 9.82. The minimum absolute atomic E-state index is 0.159. The highest BCUT2D eigenvalue weighted by Crippen LogP contribution is 2.52. The van der Waals surface area contributed by atoms with Gasteiger partial charge < -0.3 is 13.3 Å². The first-order valence-corrected chi connectivity index (χ1v) is 20.8. The van der Waals surface area contributed by atoms with Crippen molar-refractivity contribution in [1.29, 1.82) is 0 Å². The third kappa shape index (κ3) is 4.13. The molecule has 276 valence electrons. The maximum Gasteiger partial charge on any atom is 0.164 e. The molecule has 0 N–H and O–H groups in total. The third-order valence-corrected chi connectivity index (χ3v) is 14.1. The molecule has 6 heteroatoms. The van der Waals surface area contributed by atoms with Crippen LogP contribution in [0.2, 0.25) is 0 Å². The van der Waals surface area contributed by atoms with Gasteiger partial charge in [0, 0.05) is 58.3 Å². The van der Waals surface area contributed by atoms with Crippen LogP contribution in [-0.2, 0) is 5.41 Å². The third-order valence-electron chi connectivity index (χ3n) is 12.9. The van der Waals surface area contributed by atoms with E-state index < -0.39 is 0 Å². The molecule has 13 aromatic rings. The Hall–Kier alpha value is -7.28. The van der Waals surface area contributed by atoms with Gasteiger partial charge in [0.15, 0.2) is 5.82 Å². The molecule has 0 unspecified atom stereocenters. The van der Waals surface area contributed by atoms with Crippen LogP contribution in [-0.4, -0.2) is 9.97 Å². The highest BCUT2D eigenvalue weighted by atomic mass is 32.1. The van der Waals surface area contributed by atoms with Gasteiger partial charge in [-0.05, 0) is 87.6 Å². The Balaban J connectivity index is 1.06. The van der Waals surface area contributed by atoms with Crippen LogP contribution in [0, 0.1) is 0 Å². The molecule has 0 saturated carbocycles. The van der Waals surface area contributed by atoms with E-state index in [4.69, 9.17) is 23.2 Å². The van der Waals surface area contributed by atoms with Crippen molar-refractivity contribution in [2.45, 2.75) is 19.3 Å². The van der Waals surface area contributed by atoms with E-state index in [-0.39, 0.29) is 5.41 Å². The predicted octanol–water partition coefficient (Wildman–Crippen LogP) is 15.3. The smallest absolute Gasteiger partial charge is 0.164 e. The second-order valence-corrected chi connectivity index (χ2v) is 17.5. The molecule has 59 heavy (non-hydrogen) atoms. The SMILES string of the molecule is CC1(C)c2ccccc2-c2ccc(-c3cc(-c4cccc5c4oc4ccccc45)nc(-c4ccc5sc6c7ccccc7cc7oc8ccc9oc4c5c9c8c76)n3)cc21. The largest absolute Gasteiger partial charge is 0.456 e. The Morgan fingerprint density at radius 3 is 2.10 bits per heavy atom. The molecule has 1 aliphatic rings. The van der Waals surface area contributed by atoms with Crippen molar-refractivity contribution in [3.63, 3.8) is 0 Å². The van der Waals surface area contributed by atoms with E-state index in [1.165, 1.54) is 32.3 Å². The number of furan rings is 3. The van der Waals surface area contributed by atoms with Gasteiger partial charge in [-0.25, -0.2) is 9.97 Å². The zero-order valence-corrected chi connectivity index (χ0v) is 32.7. The van der Waals surface area contributed by atoms with Crippen molar-refractivity contribution in [2.75, 3.05) is 0 Å². The number of rotatable bonds is 3. The van der Waals surface area contributed by atoms with Gasteiger partial charge in [0.1, 0.15) is 33.5 Å². The summed E-state index contributed by atoms with van der Waals surface area (Å²) in [4.78, 5) is 10.8. The molecule has 0 atom stereocenters. The van der Waals surface area contributed by atoms with Gasteiger partial charge in [-0.1, -0.05) is 105 Å². The zero-order chi connectivity index (χ0) is 38.7. The zero-order valence-electron chi connectivity index (χ0n) is 31.9. The van der Waals surface area contributed by atoms with Gasteiger partial charge in [0.2, 0.25) is 0 Å². The van der Waals surface area contributed by atoms with Crippen LogP contribution in [0.5, 0.6) is 0 Å². The summed E-state index contributed by atoms with van der Waals surface area (Å²) >= 11 is 1.78. The molecule has 14 rings (SSSR count). The van der Waals surface area contributed by atoms with Crippen LogP contribution in [0.4, 0.5) is 0 Å². The van der Waals surface area contributed by atoms with Crippen molar-refractivity contribution in [1.82, 2.24) is 9.97 Å². The lowest BCUT2D eigenvalue weighted by molar-refractivity contribution is 0.660. The summed E-state index contributed by atoms with van der Waals surface area (Å²) < 4.78 is 22.4. The molecular weight excluding hydrogens is 745 g/mol. The van der Waals surface area contributed by atoms with Crippen molar-refractivity contribution in [2.24, 2.45) is 0 Å². The van der Waals surface area contributed by atoms with Crippen molar-refractivity contribution in [3.8, 4) is 45.0 Å². The van der Waals surface area contributed by atoms with Crippen molar-refractivity contribution >= 4 is 97.3 Å². The highest BCUT2D eigenvalue weighted by Gasteiger charge is 2.35. The Kier molecular flexibility index (Phi) is 5.93. The average molecular weight is 775 g/mol.